The Balaban J connectivity index is 2.19. The van der Waals surface area contributed by atoms with Gasteiger partial charge in [0.15, 0.2) is 0 Å². The minimum absolute atomic E-state index is 0.128. The zero-order chi connectivity index (χ0) is 12.9. The van der Waals surface area contributed by atoms with E-state index in [2.05, 4.69) is 33.9 Å². The number of methoxy groups -OCH3 is 2. The highest BCUT2D eigenvalue weighted by molar-refractivity contribution is 6.20. The number of ether oxygens (including phenoxy) is 3. The normalized spacial score (nSPS) is 41.9. The van der Waals surface area contributed by atoms with Crippen LogP contribution in [-0.2, 0) is 14.2 Å². The Hall–Kier alpha value is -0.0951. The first-order valence-electron chi connectivity index (χ1n) is 6.22. The zero-order valence-corrected chi connectivity index (χ0v) is 11.8. The van der Waals surface area contributed by atoms with Gasteiger partial charge in [0.25, 0.3) is 0 Å². The Morgan fingerprint density at radius 2 is 1.65 bits per heavy atom. The molecule has 1 unspecified atom stereocenters. The molecular weight excluding hydrogens is 217 g/mol. The second-order valence-corrected chi connectivity index (χ2v) is 6.44. The van der Waals surface area contributed by atoms with Crippen LogP contribution < -0.4 is 5.32 Å². The molecular formula is C12H24BNO3. The molecule has 0 bridgehead atoms. The van der Waals surface area contributed by atoms with Crippen molar-refractivity contribution in [3.8, 4) is 0 Å². The SMILES string of the molecule is B[C@@]1(C)C(C)(C)C12NCC(COC)(COC)O2. The van der Waals surface area contributed by atoms with E-state index in [9.17, 15) is 0 Å². The van der Waals surface area contributed by atoms with Gasteiger partial charge in [-0.1, -0.05) is 20.8 Å². The molecule has 2 fully saturated rings. The Kier molecular flexibility index (Phi) is 2.90. The van der Waals surface area contributed by atoms with Crippen LogP contribution in [0.3, 0.4) is 0 Å². The Morgan fingerprint density at radius 1 is 1.18 bits per heavy atom. The fourth-order valence-electron chi connectivity index (χ4n) is 3.37. The van der Waals surface area contributed by atoms with Crippen molar-refractivity contribution < 1.29 is 14.2 Å². The van der Waals surface area contributed by atoms with E-state index in [1.54, 1.807) is 14.2 Å². The molecule has 1 heterocycles. The fourth-order valence-corrected chi connectivity index (χ4v) is 3.37. The van der Waals surface area contributed by atoms with Crippen LogP contribution in [0.15, 0.2) is 0 Å². The summed E-state index contributed by atoms with van der Waals surface area (Å²) < 4.78 is 17.0. The van der Waals surface area contributed by atoms with Gasteiger partial charge in [-0.2, -0.15) is 0 Å². The van der Waals surface area contributed by atoms with Crippen molar-refractivity contribution in [2.75, 3.05) is 34.0 Å². The largest absolute Gasteiger partial charge is 0.382 e. The Morgan fingerprint density at radius 3 is 1.94 bits per heavy atom. The highest BCUT2D eigenvalue weighted by atomic mass is 16.6. The third-order valence-electron chi connectivity index (χ3n) is 5.10. The van der Waals surface area contributed by atoms with Crippen molar-refractivity contribution in [3.05, 3.63) is 0 Å². The highest BCUT2D eigenvalue weighted by Gasteiger charge is 2.81. The van der Waals surface area contributed by atoms with Gasteiger partial charge in [-0.15, -0.1) is 0 Å². The molecule has 0 amide bonds. The van der Waals surface area contributed by atoms with Crippen molar-refractivity contribution >= 4 is 7.85 Å². The fraction of sp³-hybridized carbons (Fsp3) is 1.00. The molecule has 1 saturated heterocycles. The zero-order valence-electron chi connectivity index (χ0n) is 11.8. The first-order valence-corrected chi connectivity index (χ1v) is 6.22. The van der Waals surface area contributed by atoms with Crippen LogP contribution in [-0.4, -0.2) is 53.2 Å². The molecule has 2 atom stereocenters. The summed E-state index contributed by atoms with van der Waals surface area (Å²) in [5, 5.41) is 3.69. The molecule has 0 aromatic carbocycles. The molecule has 1 saturated carbocycles. The molecule has 98 valence electrons. The smallest absolute Gasteiger partial charge is 0.129 e. The topological polar surface area (TPSA) is 39.7 Å². The van der Waals surface area contributed by atoms with Crippen molar-refractivity contribution in [3.63, 3.8) is 0 Å². The van der Waals surface area contributed by atoms with Gasteiger partial charge in [0.1, 0.15) is 19.2 Å². The summed E-state index contributed by atoms with van der Waals surface area (Å²) in [5.74, 6) is 0. The third kappa shape index (κ3) is 1.46. The standard InChI is InChI=1S/C12H24BNO3/c1-9(2)10(3,13)12(9)14-6-11(17-12,7-15-4)8-16-5/h14H,6-8,13H2,1-5H3/t10-,12?/m0/s1. The van der Waals surface area contributed by atoms with E-state index >= 15 is 0 Å². The molecule has 4 nitrogen and oxygen atoms in total. The predicted molar refractivity (Wildman–Crippen MR) is 69.0 cm³/mol. The lowest BCUT2D eigenvalue weighted by Gasteiger charge is -2.28. The maximum Gasteiger partial charge on any atom is 0.129 e. The van der Waals surface area contributed by atoms with Gasteiger partial charge in [0.2, 0.25) is 0 Å². The van der Waals surface area contributed by atoms with Crippen LogP contribution >= 0.6 is 0 Å². The molecule has 17 heavy (non-hydrogen) atoms. The highest BCUT2D eigenvalue weighted by Crippen LogP contribution is 2.77. The molecule has 1 N–H and O–H groups in total. The van der Waals surface area contributed by atoms with E-state index in [0.717, 1.165) is 6.54 Å². The molecule has 1 aliphatic heterocycles. The van der Waals surface area contributed by atoms with Crippen molar-refractivity contribution in [1.82, 2.24) is 5.32 Å². The lowest BCUT2D eigenvalue weighted by Crippen LogP contribution is -2.43. The summed E-state index contributed by atoms with van der Waals surface area (Å²) >= 11 is 0. The lowest BCUT2D eigenvalue weighted by atomic mass is 9.78. The maximum atomic E-state index is 6.40. The second-order valence-electron chi connectivity index (χ2n) is 6.44. The van der Waals surface area contributed by atoms with Gasteiger partial charge in [0, 0.05) is 26.2 Å². The molecule has 2 rings (SSSR count). The van der Waals surface area contributed by atoms with Gasteiger partial charge < -0.3 is 14.2 Å². The summed E-state index contributed by atoms with van der Waals surface area (Å²) in [6.07, 6.45) is 0. The first-order chi connectivity index (χ1) is 7.79. The van der Waals surface area contributed by atoms with Crippen LogP contribution in [0.4, 0.5) is 0 Å². The lowest BCUT2D eigenvalue weighted by molar-refractivity contribution is -0.131. The van der Waals surface area contributed by atoms with Gasteiger partial charge in [-0.05, 0) is 5.31 Å². The number of nitrogens with one attached hydrogen (secondary N) is 1. The number of hydrogen-bond donors (Lipinski definition) is 1. The maximum absolute atomic E-state index is 6.40. The van der Waals surface area contributed by atoms with Crippen LogP contribution in [0.2, 0.25) is 5.31 Å². The van der Waals surface area contributed by atoms with Gasteiger partial charge >= 0.3 is 0 Å². The average molecular weight is 241 g/mol. The van der Waals surface area contributed by atoms with Gasteiger partial charge in [0.05, 0.1) is 13.2 Å². The molecule has 1 spiro atoms. The van der Waals surface area contributed by atoms with E-state index in [4.69, 9.17) is 14.2 Å². The van der Waals surface area contributed by atoms with Crippen molar-refractivity contribution in [1.29, 1.82) is 0 Å². The molecule has 5 heteroatoms. The third-order valence-corrected chi connectivity index (χ3v) is 5.10. The quantitative estimate of drug-likeness (QED) is 0.713. The van der Waals surface area contributed by atoms with Gasteiger partial charge in [-0.3, -0.25) is 5.32 Å². The summed E-state index contributed by atoms with van der Waals surface area (Å²) in [5.41, 5.74) is -0.463. The van der Waals surface area contributed by atoms with Crippen molar-refractivity contribution in [2.24, 2.45) is 5.41 Å². The predicted octanol–water partition coefficient (Wildman–Crippen LogP) is 0.186. The molecule has 0 radical (unpaired) electrons. The van der Waals surface area contributed by atoms with E-state index in [1.165, 1.54) is 0 Å². The van der Waals surface area contributed by atoms with E-state index < -0.39 is 0 Å². The molecule has 2 aliphatic rings. The number of hydrogen-bond acceptors (Lipinski definition) is 4. The number of rotatable bonds is 4. The molecule has 0 aromatic rings. The van der Waals surface area contributed by atoms with Crippen LogP contribution in [0.25, 0.3) is 0 Å². The summed E-state index contributed by atoms with van der Waals surface area (Å²) in [6.45, 7) is 8.63. The van der Waals surface area contributed by atoms with E-state index in [1.807, 2.05) is 0 Å². The summed E-state index contributed by atoms with van der Waals surface area (Å²) in [7, 11) is 5.65. The average Bonchev–Trinajstić information content (AvgIpc) is 2.55. The van der Waals surface area contributed by atoms with Gasteiger partial charge in [-0.25, -0.2) is 0 Å². The minimum atomic E-state index is -0.353. The van der Waals surface area contributed by atoms with E-state index in [0.29, 0.717) is 13.2 Å². The Bertz CT molecular complexity index is 297. The van der Waals surface area contributed by atoms with Crippen LogP contribution in [0.1, 0.15) is 20.8 Å². The first kappa shape index (κ1) is 13.3. The molecule has 0 aromatic heterocycles. The van der Waals surface area contributed by atoms with Crippen LogP contribution in [0.5, 0.6) is 0 Å². The monoisotopic (exact) mass is 241 g/mol. The summed E-state index contributed by atoms with van der Waals surface area (Å²) in [4.78, 5) is 0. The van der Waals surface area contributed by atoms with Crippen LogP contribution in [0, 0.1) is 5.41 Å². The second kappa shape index (κ2) is 3.70. The Labute approximate surface area is 105 Å². The summed E-state index contributed by atoms with van der Waals surface area (Å²) in [6, 6.07) is 0. The van der Waals surface area contributed by atoms with Crippen molar-refractivity contribution in [2.45, 2.75) is 37.4 Å². The molecule has 1 aliphatic carbocycles. The van der Waals surface area contributed by atoms with E-state index in [-0.39, 0.29) is 22.1 Å². The minimum Gasteiger partial charge on any atom is -0.382 e.